The van der Waals surface area contributed by atoms with Crippen molar-refractivity contribution in [1.82, 2.24) is 14.8 Å². The number of amides is 3. The molecule has 19 heavy (non-hydrogen) atoms. The first-order valence-electron chi connectivity index (χ1n) is 5.81. The number of carbonyl (C=O) groups is 2. The summed E-state index contributed by atoms with van der Waals surface area (Å²) in [5.74, 6) is 0.326. The Kier molecular flexibility index (Phi) is 2.70. The first kappa shape index (κ1) is 12.0. The number of urea groups is 1. The average Bonchev–Trinajstić information content (AvgIpc) is 2.38. The van der Waals surface area contributed by atoms with Gasteiger partial charge in [-0.3, -0.25) is 15.1 Å². The van der Waals surface area contributed by atoms with Gasteiger partial charge in [-0.25, -0.2) is 14.6 Å². The van der Waals surface area contributed by atoms with E-state index in [1.54, 1.807) is 6.07 Å². The molecule has 0 saturated carbocycles. The predicted molar refractivity (Wildman–Crippen MR) is 67.1 cm³/mol. The molecule has 1 unspecified atom stereocenters. The summed E-state index contributed by atoms with van der Waals surface area (Å²) in [4.78, 5) is 30.1. The fourth-order valence-corrected chi connectivity index (χ4v) is 2.76. The van der Waals surface area contributed by atoms with Gasteiger partial charge in [0.1, 0.15) is 12.0 Å². The summed E-state index contributed by atoms with van der Waals surface area (Å²) in [5.41, 5.74) is 0.533. The summed E-state index contributed by atoms with van der Waals surface area (Å²) in [7, 11) is 0. The average molecular weight is 283 g/mol. The van der Waals surface area contributed by atoms with E-state index < -0.39 is 12.3 Å². The second-order valence-corrected chi connectivity index (χ2v) is 4.79. The highest BCUT2D eigenvalue weighted by atomic mass is 35.5. The van der Waals surface area contributed by atoms with Gasteiger partial charge in [0, 0.05) is 19.3 Å². The number of carboxylic acid groups (broad SMARTS) is 1. The van der Waals surface area contributed by atoms with E-state index >= 15 is 0 Å². The van der Waals surface area contributed by atoms with Crippen LogP contribution in [-0.4, -0.2) is 45.1 Å². The zero-order chi connectivity index (χ0) is 13.6. The number of nitrogens with one attached hydrogen (secondary N) is 1. The Morgan fingerprint density at radius 3 is 3.05 bits per heavy atom. The Labute approximate surface area is 113 Å². The molecule has 100 valence electrons. The van der Waals surface area contributed by atoms with Crippen LogP contribution in [0.1, 0.15) is 18.2 Å². The van der Waals surface area contributed by atoms with Gasteiger partial charge in [-0.1, -0.05) is 11.6 Å². The highest BCUT2D eigenvalue weighted by molar-refractivity contribution is 6.32. The van der Waals surface area contributed by atoms with Crippen molar-refractivity contribution in [3.05, 3.63) is 22.8 Å². The van der Waals surface area contributed by atoms with Gasteiger partial charge in [0.2, 0.25) is 0 Å². The molecule has 0 radical (unpaired) electrons. The minimum absolute atomic E-state index is 0.326. The lowest BCUT2D eigenvalue weighted by Crippen LogP contribution is -2.55. The Morgan fingerprint density at radius 2 is 2.32 bits per heavy atom. The third-order valence-electron chi connectivity index (χ3n) is 3.32. The van der Waals surface area contributed by atoms with Gasteiger partial charge in [-0.2, -0.15) is 0 Å². The molecule has 0 aliphatic carbocycles. The van der Waals surface area contributed by atoms with Crippen LogP contribution < -0.4 is 5.32 Å². The number of hydrogen-bond donors (Lipinski definition) is 2. The first-order valence-corrected chi connectivity index (χ1v) is 6.19. The standard InChI is InChI=1S/C11H11ClN4O3/c12-6-2-3-13-8-7(6)9-15(10(17)14-8)4-1-5-16(9)11(18)19/h2-3,9H,1,4-5H2,(H,18,19)(H,13,14,17). The Morgan fingerprint density at radius 1 is 1.53 bits per heavy atom. The molecule has 2 aliphatic rings. The Hall–Kier alpha value is -2.02. The Bertz CT molecular complexity index is 565. The van der Waals surface area contributed by atoms with Crippen molar-refractivity contribution in [3.8, 4) is 0 Å². The van der Waals surface area contributed by atoms with E-state index in [4.69, 9.17) is 11.6 Å². The molecular weight excluding hydrogens is 272 g/mol. The summed E-state index contributed by atoms with van der Waals surface area (Å²) in [6.07, 6.45) is 0.306. The van der Waals surface area contributed by atoms with Crippen molar-refractivity contribution in [2.75, 3.05) is 18.4 Å². The van der Waals surface area contributed by atoms with Crippen molar-refractivity contribution in [2.24, 2.45) is 0 Å². The number of rotatable bonds is 0. The quantitative estimate of drug-likeness (QED) is 0.762. The number of fused-ring (bicyclic) bond motifs is 3. The number of nitrogens with zero attached hydrogens (tertiary/aromatic N) is 3. The van der Waals surface area contributed by atoms with Gasteiger partial charge in [0.25, 0.3) is 0 Å². The number of pyridine rings is 1. The second kappa shape index (κ2) is 4.27. The van der Waals surface area contributed by atoms with Crippen molar-refractivity contribution in [2.45, 2.75) is 12.6 Å². The molecule has 1 atom stereocenters. The van der Waals surface area contributed by atoms with Gasteiger partial charge in [0.15, 0.2) is 0 Å². The molecule has 0 bridgehead atoms. The third kappa shape index (κ3) is 1.77. The minimum atomic E-state index is -1.07. The Balaban J connectivity index is 2.15. The highest BCUT2D eigenvalue weighted by Crippen LogP contribution is 2.40. The normalized spacial score (nSPS) is 21.5. The maximum absolute atomic E-state index is 12.0. The summed E-state index contributed by atoms with van der Waals surface area (Å²) < 4.78 is 0. The SMILES string of the molecule is O=C(O)N1CCCN2C(=O)Nc3nccc(Cl)c3C12. The zero-order valence-electron chi connectivity index (χ0n) is 9.84. The summed E-state index contributed by atoms with van der Waals surface area (Å²) in [6.45, 7) is 0.861. The summed E-state index contributed by atoms with van der Waals surface area (Å²) in [6, 6.07) is 1.24. The van der Waals surface area contributed by atoms with E-state index in [0.717, 1.165) is 0 Å². The first-order chi connectivity index (χ1) is 9.09. The molecule has 3 heterocycles. The highest BCUT2D eigenvalue weighted by Gasteiger charge is 2.42. The van der Waals surface area contributed by atoms with Crippen LogP contribution in [0.2, 0.25) is 5.02 Å². The number of aromatic nitrogens is 1. The van der Waals surface area contributed by atoms with E-state index in [9.17, 15) is 14.7 Å². The molecule has 1 aromatic heterocycles. The van der Waals surface area contributed by atoms with Crippen LogP contribution >= 0.6 is 11.6 Å². The molecule has 2 N–H and O–H groups in total. The van der Waals surface area contributed by atoms with E-state index in [1.807, 2.05) is 0 Å². The van der Waals surface area contributed by atoms with Crippen molar-refractivity contribution >= 4 is 29.5 Å². The lowest BCUT2D eigenvalue weighted by atomic mass is 10.1. The van der Waals surface area contributed by atoms with Crippen LogP contribution in [0.25, 0.3) is 0 Å². The molecule has 1 fully saturated rings. The molecule has 0 spiro atoms. The smallest absolute Gasteiger partial charge is 0.409 e. The van der Waals surface area contributed by atoms with Crippen LogP contribution in [0.5, 0.6) is 0 Å². The van der Waals surface area contributed by atoms with Crippen molar-refractivity contribution in [3.63, 3.8) is 0 Å². The third-order valence-corrected chi connectivity index (χ3v) is 3.65. The lowest BCUT2D eigenvalue weighted by Gasteiger charge is -2.45. The van der Waals surface area contributed by atoms with Crippen LogP contribution in [0.4, 0.5) is 15.4 Å². The maximum atomic E-state index is 12.0. The fraction of sp³-hybridized carbons (Fsp3) is 0.364. The monoisotopic (exact) mass is 282 g/mol. The van der Waals surface area contributed by atoms with Crippen molar-refractivity contribution in [1.29, 1.82) is 0 Å². The van der Waals surface area contributed by atoms with Crippen LogP contribution in [0.15, 0.2) is 12.3 Å². The van der Waals surface area contributed by atoms with Crippen LogP contribution in [-0.2, 0) is 0 Å². The van der Waals surface area contributed by atoms with Gasteiger partial charge in [-0.05, 0) is 12.5 Å². The van der Waals surface area contributed by atoms with E-state index in [1.165, 1.54) is 16.0 Å². The molecule has 1 saturated heterocycles. The minimum Gasteiger partial charge on any atom is -0.465 e. The molecular formula is C11H11ClN4O3. The number of halogens is 1. The topological polar surface area (TPSA) is 85.8 Å². The molecule has 2 aliphatic heterocycles. The van der Waals surface area contributed by atoms with E-state index in [-0.39, 0.29) is 6.03 Å². The second-order valence-electron chi connectivity index (χ2n) is 4.38. The lowest BCUT2D eigenvalue weighted by molar-refractivity contribution is 0.0342. The molecule has 0 aromatic carbocycles. The maximum Gasteiger partial charge on any atom is 0.409 e. The number of anilines is 1. The van der Waals surface area contributed by atoms with E-state index in [2.05, 4.69) is 10.3 Å². The van der Waals surface area contributed by atoms with E-state index in [0.29, 0.717) is 35.9 Å². The largest absolute Gasteiger partial charge is 0.465 e. The molecule has 7 nitrogen and oxygen atoms in total. The number of carbonyl (C=O) groups excluding carboxylic acids is 1. The van der Waals surface area contributed by atoms with Gasteiger partial charge >= 0.3 is 12.1 Å². The summed E-state index contributed by atoms with van der Waals surface area (Å²) in [5, 5.41) is 12.3. The van der Waals surface area contributed by atoms with Gasteiger partial charge in [0.05, 0.1) is 10.6 Å². The number of hydrogen-bond acceptors (Lipinski definition) is 3. The fourth-order valence-electron chi connectivity index (χ4n) is 2.52. The summed E-state index contributed by atoms with van der Waals surface area (Å²) >= 11 is 6.14. The zero-order valence-corrected chi connectivity index (χ0v) is 10.6. The molecule has 3 rings (SSSR count). The van der Waals surface area contributed by atoms with Crippen molar-refractivity contribution < 1.29 is 14.7 Å². The van der Waals surface area contributed by atoms with Gasteiger partial charge in [-0.15, -0.1) is 0 Å². The van der Waals surface area contributed by atoms with Crippen LogP contribution in [0, 0.1) is 0 Å². The molecule has 1 aromatic rings. The predicted octanol–water partition coefficient (Wildman–Crippen LogP) is 1.96. The van der Waals surface area contributed by atoms with Crippen LogP contribution in [0.3, 0.4) is 0 Å². The van der Waals surface area contributed by atoms with Gasteiger partial charge < -0.3 is 5.11 Å². The molecule has 3 amide bonds. The molecule has 8 heteroatoms.